The Morgan fingerprint density at radius 2 is 1.52 bits per heavy atom. The van der Waals surface area contributed by atoms with Gasteiger partial charge in [-0.05, 0) is 61.9 Å². The maximum atomic E-state index is 13.7. The number of benzene rings is 3. The molecule has 3 rings (SSSR count). The van der Waals surface area contributed by atoms with Crippen LogP contribution in [0.4, 0.5) is 5.69 Å². The highest BCUT2D eigenvalue weighted by molar-refractivity contribution is 7.92. The van der Waals surface area contributed by atoms with Crippen LogP contribution < -0.4 is 14.4 Å². The molecule has 3 aromatic rings. The lowest BCUT2D eigenvalue weighted by atomic mass is 10.1. The number of halogens is 2. The number of hydrogen-bond acceptors (Lipinski definition) is 5. The second kappa shape index (κ2) is 14.4. The smallest absolute Gasteiger partial charge is 0.244 e. The van der Waals surface area contributed by atoms with Crippen molar-refractivity contribution in [3.05, 3.63) is 88.4 Å². The van der Waals surface area contributed by atoms with Crippen LogP contribution in [-0.4, -0.2) is 50.5 Å². The average molecular weight is 607 g/mol. The maximum absolute atomic E-state index is 13.7. The molecule has 0 spiro atoms. The van der Waals surface area contributed by atoms with E-state index >= 15 is 0 Å². The minimum Gasteiger partial charge on any atom is -0.457 e. The number of sulfonamides is 1. The Morgan fingerprint density at radius 3 is 2.10 bits per heavy atom. The molecule has 0 aliphatic carbocycles. The van der Waals surface area contributed by atoms with E-state index in [1.807, 2.05) is 25.1 Å². The van der Waals surface area contributed by atoms with E-state index in [4.69, 9.17) is 27.9 Å². The lowest BCUT2D eigenvalue weighted by Crippen LogP contribution is -2.51. The number of amides is 2. The second-order valence-electron chi connectivity index (χ2n) is 9.22. The maximum Gasteiger partial charge on any atom is 0.244 e. The van der Waals surface area contributed by atoms with Crippen molar-refractivity contribution in [2.24, 2.45) is 0 Å². The summed E-state index contributed by atoms with van der Waals surface area (Å²) in [7, 11) is -3.88. The molecule has 8 nitrogen and oxygen atoms in total. The fraction of sp³-hybridized carbons (Fsp3) is 0.310. The molecule has 0 aromatic heterocycles. The molecule has 0 radical (unpaired) electrons. The number of nitrogens with zero attached hydrogens (tertiary/aromatic N) is 2. The van der Waals surface area contributed by atoms with E-state index in [-0.39, 0.29) is 18.1 Å². The lowest BCUT2D eigenvalue weighted by Gasteiger charge is -2.32. The van der Waals surface area contributed by atoms with Gasteiger partial charge in [-0.2, -0.15) is 0 Å². The molecule has 0 fully saturated rings. The molecule has 3 aromatic carbocycles. The highest BCUT2D eigenvalue weighted by atomic mass is 35.5. The normalized spacial score (nSPS) is 11.9. The van der Waals surface area contributed by atoms with Crippen molar-refractivity contribution >= 4 is 50.7 Å². The van der Waals surface area contributed by atoms with Crippen LogP contribution in [0.25, 0.3) is 0 Å². The number of carbonyl (C=O) groups is 2. The number of unbranched alkanes of at least 4 members (excludes halogenated alkanes) is 1. The van der Waals surface area contributed by atoms with E-state index in [0.717, 1.165) is 23.4 Å². The van der Waals surface area contributed by atoms with Gasteiger partial charge in [0.1, 0.15) is 24.1 Å². The molecule has 1 N–H and O–H groups in total. The number of carbonyl (C=O) groups excluding carboxylic acids is 2. The third kappa shape index (κ3) is 8.61. The summed E-state index contributed by atoms with van der Waals surface area (Å²) in [5, 5.41) is 3.49. The minimum atomic E-state index is -3.88. The molecule has 214 valence electrons. The van der Waals surface area contributed by atoms with E-state index < -0.39 is 28.5 Å². The first kappa shape index (κ1) is 31.3. The summed E-state index contributed by atoms with van der Waals surface area (Å²) in [5.74, 6) is 0.176. The van der Waals surface area contributed by atoms with Crippen LogP contribution in [0.5, 0.6) is 11.5 Å². The van der Waals surface area contributed by atoms with Gasteiger partial charge in [-0.15, -0.1) is 0 Å². The first-order chi connectivity index (χ1) is 19.0. The number of ether oxygens (including phenoxy) is 1. The predicted molar refractivity (Wildman–Crippen MR) is 160 cm³/mol. The Morgan fingerprint density at radius 1 is 0.925 bits per heavy atom. The van der Waals surface area contributed by atoms with E-state index in [1.54, 1.807) is 61.5 Å². The summed E-state index contributed by atoms with van der Waals surface area (Å²) in [5.41, 5.74) is 0.729. The summed E-state index contributed by atoms with van der Waals surface area (Å²) < 4.78 is 32.4. The molecule has 0 aliphatic heterocycles. The summed E-state index contributed by atoms with van der Waals surface area (Å²) in [6.07, 6.45) is 2.70. The van der Waals surface area contributed by atoms with Gasteiger partial charge in [0.05, 0.1) is 11.9 Å². The third-order valence-electron chi connectivity index (χ3n) is 6.17. The van der Waals surface area contributed by atoms with Gasteiger partial charge in [0.25, 0.3) is 0 Å². The van der Waals surface area contributed by atoms with E-state index in [9.17, 15) is 18.0 Å². The second-order valence-corrected chi connectivity index (χ2v) is 11.9. The Bertz CT molecular complexity index is 1380. The fourth-order valence-electron chi connectivity index (χ4n) is 3.89. The average Bonchev–Trinajstić information content (AvgIpc) is 2.92. The third-order valence-corrected chi connectivity index (χ3v) is 8.02. The van der Waals surface area contributed by atoms with Crippen LogP contribution >= 0.6 is 23.2 Å². The number of anilines is 1. The molecule has 0 saturated carbocycles. The van der Waals surface area contributed by atoms with Gasteiger partial charge in [-0.25, -0.2) is 8.42 Å². The van der Waals surface area contributed by atoms with Gasteiger partial charge in [0.2, 0.25) is 21.8 Å². The highest BCUT2D eigenvalue weighted by Gasteiger charge is 2.31. The monoisotopic (exact) mass is 605 g/mol. The van der Waals surface area contributed by atoms with E-state index in [1.165, 1.54) is 4.90 Å². The Kier molecular flexibility index (Phi) is 11.2. The fourth-order valence-corrected chi connectivity index (χ4v) is 5.26. The molecule has 1 atom stereocenters. The molecular formula is C29H33Cl2N3O5S. The van der Waals surface area contributed by atoms with Gasteiger partial charge in [0, 0.05) is 28.7 Å². The molecule has 2 amide bonds. The van der Waals surface area contributed by atoms with Crippen molar-refractivity contribution < 1.29 is 22.7 Å². The first-order valence-electron chi connectivity index (χ1n) is 12.8. The van der Waals surface area contributed by atoms with E-state index in [2.05, 4.69) is 5.32 Å². The molecule has 0 saturated heterocycles. The molecule has 0 unspecified atom stereocenters. The van der Waals surface area contributed by atoms with Crippen molar-refractivity contribution in [3.8, 4) is 11.5 Å². The zero-order chi connectivity index (χ0) is 29.3. The van der Waals surface area contributed by atoms with Crippen LogP contribution in [0.3, 0.4) is 0 Å². The van der Waals surface area contributed by atoms with Crippen molar-refractivity contribution in [1.82, 2.24) is 10.2 Å². The predicted octanol–water partition coefficient (Wildman–Crippen LogP) is 5.89. The lowest BCUT2D eigenvalue weighted by molar-refractivity contribution is -0.139. The molecule has 11 heteroatoms. The number of nitrogens with one attached hydrogen (secondary N) is 1. The van der Waals surface area contributed by atoms with Gasteiger partial charge in [-0.3, -0.25) is 13.9 Å². The first-order valence-corrected chi connectivity index (χ1v) is 15.4. The van der Waals surface area contributed by atoms with Crippen molar-refractivity contribution in [2.75, 3.05) is 23.7 Å². The summed E-state index contributed by atoms with van der Waals surface area (Å²) >= 11 is 12.7. The summed E-state index contributed by atoms with van der Waals surface area (Å²) in [4.78, 5) is 28.0. The molecule has 0 bridgehead atoms. The zero-order valence-corrected chi connectivity index (χ0v) is 25.0. The quantitative estimate of drug-likeness (QED) is 0.245. The SMILES string of the molecule is CCCCNC(=O)[C@@H](C)N(Cc1c(Cl)cccc1Cl)C(=O)CN(c1ccc(Oc2ccccc2)cc1)S(C)(=O)=O. The highest BCUT2D eigenvalue weighted by Crippen LogP contribution is 2.28. The Hall–Kier alpha value is -3.27. The van der Waals surface area contributed by atoms with Crippen LogP contribution in [0.15, 0.2) is 72.8 Å². The Balaban J connectivity index is 1.88. The minimum absolute atomic E-state index is 0.0822. The van der Waals surface area contributed by atoms with Crippen LogP contribution in [0.1, 0.15) is 32.3 Å². The summed E-state index contributed by atoms with van der Waals surface area (Å²) in [6.45, 7) is 3.43. The summed E-state index contributed by atoms with van der Waals surface area (Å²) in [6, 6.07) is 19.5. The molecule has 40 heavy (non-hydrogen) atoms. The van der Waals surface area contributed by atoms with Crippen molar-refractivity contribution in [3.63, 3.8) is 0 Å². The van der Waals surface area contributed by atoms with Gasteiger partial charge in [0.15, 0.2) is 0 Å². The standard InChI is InChI=1S/C29H33Cl2N3O5S/c1-4-5-18-32-29(36)21(2)33(19-25-26(30)12-9-13-27(25)31)28(35)20-34(40(3,37)38)22-14-16-24(17-15-22)39-23-10-7-6-8-11-23/h6-17,21H,4-5,18-20H2,1-3H3,(H,32,36)/t21-/m1/s1. The van der Waals surface area contributed by atoms with Gasteiger partial charge >= 0.3 is 0 Å². The Labute approximate surface area is 245 Å². The van der Waals surface area contributed by atoms with Gasteiger partial charge in [-0.1, -0.05) is 60.8 Å². The largest absolute Gasteiger partial charge is 0.457 e. The number of rotatable bonds is 13. The van der Waals surface area contributed by atoms with Gasteiger partial charge < -0.3 is 15.0 Å². The van der Waals surface area contributed by atoms with E-state index in [0.29, 0.717) is 33.7 Å². The van der Waals surface area contributed by atoms with Crippen LogP contribution in [0.2, 0.25) is 10.0 Å². The topological polar surface area (TPSA) is 96.0 Å². The van der Waals surface area contributed by atoms with Crippen molar-refractivity contribution in [1.29, 1.82) is 0 Å². The number of hydrogen-bond donors (Lipinski definition) is 1. The molecule has 0 aliphatic rings. The molecule has 0 heterocycles. The zero-order valence-electron chi connectivity index (χ0n) is 22.6. The van der Waals surface area contributed by atoms with Crippen molar-refractivity contribution in [2.45, 2.75) is 39.3 Å². The molecular weight excluding hydrogens is 573 g/mol. The van der Waals surface area contributed by atoms with Crippen LogP contribution in [0, 0.1) is 0 Å². The number of para-hydroxylation sites is 1. The van der Waals surface area contributed by atoms with Crippen LogP contribution in [-0.2, 0) is 26.2 Å².